The summed E-state index contributed by atoms with van der Waals surface area (Å²) in [6, 6.07) is 43.7. The molecule has 6 aromatic rings. The highest BCUT2D eigenvalue weighted by molar-refractivity contribution is 7.18. The first kappa shape index (κ1) is 18.1. The van der Waals surface area contributed by atoms with Gasteiger partial charge in [0.25, 0.3) is 0 Å². The topological polar surface area (TPSA) is 0 Å². The first-order valence-corrected chi connectivity index (χ1v) is 11.3. The van der Waals surface area contributed by atoms with E-state index in [1.54, 1.807) is 0 Å². The summed E-state index contributed by atoms with van der Waals surface area (Å²) in [7, 11) is 0. The molecule has 6 rings (SSSR count). The van der Waals surface area contributed by atoms with Crippen LogP contribution in [0.15, 0.2) is 121 Å². The molecule has 1 aromatic heterocycles. The van der Waals surface area contributed by atoms with Crippen molar-refractivity contribution >= 4 is 32.9 Å². The van der Waals surface area contributed by atoms with Gasteiger partial charge in [-0.15, -0.1) is 11.3 Å². The van der Waals surface area contributed by atoms with Gasteiger partial charge in [0.2, 0.25) is 0 Å². The Morgan fingerprint density at radius 3 is 1.58 bits per heavy atom. The average molecular weight is 413 g/mol. The molecule has 0 aliphatic rings. The van der Waals surface area contributed by atoms with E-state index >= 15 is 0 Å². The minimum atomic E-state index is 1.26. The van der Waals surface area contributed by atoms with Crippen molar-refractivity contribution in [2.45, 2.75) is 0 Å². The van der Waals surface area contributed by atoms with E-state index in [-0.39, 0.29) is 0 Å². The third-order valence-corrected chi connectivity index (χ3v) is 7.10. The highest BCUT2D eigenvalue weighted by Gasteiger charge is 2.09. The minimum Gasteiger partial charge on any atom is -0.135 e. The number of benzene rings is 5. The Hall–Kier alpha value is -3.68. The van der Waals surface area contributed by atoms with Gasteiger partial charge in [0.05, 0.1) is 0 Å². The summed E-state index contributed by atoms with van der Waals surface area (Å²) >= 11 is 1.86. The summed E-state index contributed by atoms with van der Waals surface area (Å²) in [4.78, 5) is 2.61. The van der Waals surface area contributed by atoms with Crippen LogP contribution in [0.25, 0.3) is 53.6 Å². The standard InChI is InChI=1S/C30H20S/c1-3-11-25-21(7-1)9-5-13-26(25)23-15-17-24(18-16-23)29-19-20-30(31-29)28-14-6-10-22-8-2-4-12-27(22)28/h1-20H. The molecule has 0 saturated carbocycles. The maximum absolute atomic E-state index is 2.25. The smallest absolute Gasteiger partial charge is 0.0355 e. The zero-order chi connectivity index (χ0) is 20.6. The molecular weight excluding hydrogens is 392 g/mol. The maximum Gasteiger partial charge on any atom is 0.0355 e. The van der Waals surface area contributed by atoms with Gasteiger partial charge >= 0.3 is 0 Å². The lowest BCUT2D eigenvalue weighted by atomic mass is 9.97. The molecule has 1 heterocycles. The molecule has 0 saturated heterocycles. The van der Waals surface area contributed by atoms with Crippen molar-refractivity contribution < 1.29 is 0 Å². The fourth-order valence-corrected chi connectivity index (χ4v) is 5.42. The molecule has 0 nitrogen and oxygen atoms in total. The molecule has 5 aromatic carbocycles. The van der Waals surface area contributed by atoms with Gasteiger partial charge in [0.15, 0.2) is 0 Å². The fourth-order valence-electron chi connectivity index (χ4n) is 4.37. The SMILES string of the molecule is c1ccc2c(-c3ccc(-c4ccc(-c5cccc6ccccc56)s4)cc3)cccc2c1. The number of thiophene rings is 1. The first-order valence-electron chi connectivity index (χ1n) is 10.5. The Morgan fingerprint density at radius 2 is 0.871 bits per heavy atom. The van der Waals surface area contributed by atoms with E-state index in [0.29, 0.717) is 0 Å². The Kier molecular flexibility index (Phi) is 4.40. The Morgan fingerprint density at radius 1 is 0.355 bits per heavy atom. The molecule has 0 radical (unpaired) electrons. The van der Waals surface area contributed by atoms with Crippen LogP contribution in [0.1, 0.15) is 0 Å². The molecular formula is C30H20S. The van der Waals surface area contributed by atoms with E-state index in [2.05, 4.69) is 121 Å². The summed E-state index contributed by atoms with van der Waals surface area (Å²) in [5, 5.41) is 5.17. The third-order valence-electron chi connectivity index (χ3n) is 5.93. The van der Waals surface area contributed by atoms with Crippen molar-refractivity contribution in [2.24, 2.45) is 0 Å². The van der Waals surface area contributed by atoms with Crippen LogP contribution in [-0.2, 0) is 0 Å². The maximum atomic E-state index is 2.25. The molecule has 0 fully saturated rings. The number of hydrogen-bond acceptors (Lipinski definition) is 1. The largest absolute Gasteiger partial charge is 0.135 e. The van der Waals surface area contributed by atoms with Crippen LogP contribution in [0.5, 0.6) is 0 Å². The molecule has 1 heteroatoms. The molecule has 0 bridgehead atoms. The van der Waals surface area contributed by atoms with Gasteiger partial charge in [-0.3, -0.25) is 0 Å². The van der Waals surface area contributed by atoms with Crippen molar-refractivity contribution in [3.05, 3.63) is 121 Å². The second-order valence-electron chi connectivity index (χ2n) is 7.79. The van der Waals surface area contributed by atoms with Gasteiger partial charge in [-0.2, -0.15) is 0 Å². The summed E-state index contributed by atoms with van der Waals surface area (Å²) < 4.78 is 0. The zero-order valence-electron chi connectivity index (χ0n) is 17.0. The highest BCUT2D eigenvalue weighted by Crippen LogP contribution is 2.38. The van der Waals surface area contributed by atoms with Crippen molar-refractivity contribution in [1.29, 1.82) is 0 Å². The molecule has 0 atom stereocenters. The second-order valence-corrected chi connectivity index (χ2v) is 8.88. The van der Waals surface area contributed by atoms with Crippen LogP contribution < -0.4 is 0 Å². The summed E-state index contributed by atoms with van der Waals surface area (Å²) in [5.74, 6) is 0. The zero-order valence-corrected chi connectivity index (χ0v) is 17.8. The van der Waals surface area contributed by atoms with Gasteiger partial charge in [-0.05, 0) is 55.9 Å². The average Bonchev–Trinajstić information content (AvgIpc) is 3.34. The molecule has 0 N–H and O–H groups in total. The van der Waals surface area contributed by atoms with E-state index in [4.69, 9.17) is 0 Å². The lowest BCUT2D eigenvalue weighted by Crippen LogP contribution is -1.81. The normalized spacial score (nSPS) is 11.2. The molecule has 31 heavy (non-hydrogen) atoms. The third kappa shape index (κ3) is 3.24. The number of fused-ring (bicyclic) bond motifs is 2. The molecule has 0 aliphatic heterocycles. The summed E-state index contributed by atoms with van der Waals surface area (Å²) in [6.07, 6.45) is 0. The van der Waals surface area contributed by atoms with E-state index < -0.39 is 0 Å². The van der Waals surface area contributed by atoms with E-state index in [9.17, 15) is 0 Å². The molecule has 146 valence electrons. The van der Waals surface area contributed by atoms with E-state index in [1.807, 2.05) is 11.3 Å². The van der Waals surface area contributed by atoms with Crippen LogP contribution in [0.4, 0.5) is 0 Å². The van der Waals surface area contributed by atoms with Crippen molar-refractivity contribution in [1.82, 2.24) is 0 Å². The molecule has 0 aliphatic carbocycles. The predicted octanol–water partition coefficient (Wildman–Crippen LogP) is 9.06. The fraction of sp³-hybridized carbons (Fsp3) is 0. The highest BCUT2D eigenvalue weighted by atomic mass is 32.1. The van der Waals surface area contributed by atoms with E-state index in [0.717, 1.165) is 0 Å². The van der Waals surface area contributed by atoms with Gasteiger partial charge in [-0.1, -0.05) is 109 Å². The minimum absolute atomic E-state index is 1.26. The van der Waals surface area contributed by atoms with Crippen molar-refractivity contribution in [3.8, 4) is 32.0 Å². The Labute approximate surface area is 186 Å². The Balaban J connectivity index is 1.37. The number of hydrogen-bond donors (Lipinski definition) is 0. The number of rotatable bonds is 3. The first-order chi connectivity index (χ1) is 15.4. The van der Waals surface area contributed by atoms with Gasteiger partial charge in [-0.25, -0.2) is 0 Å². The van der Waals surface area contributed by atoms with Gasteiger partial charge in [0, 0.05) is 9.75 Å². The monoisotopic (exact) mass is 412 g/mol. The predicted molar refractivity (Wildman–Crippen MR) is 136 cm³/mol. The molecule has 0 spiro atoms. The summed E-state index contributed by atoms with van der Waals surface area (Å²) in [6.45, 7) is 0. The Bertz CT molecular complexity index is 1510. The van der Waals surface area contributed by atoms with Gasteiger partial charge < -0.3 is 0 Å². The molecule has 0 amide bonds. The van der Waals surface area contributed by atoms with Crippen LogP contribution in [0, 0.1) is 0 Å². The van der Waals surface area contributed by atoms with Crippen LogP contribution >= 0.6 is 11.3 Å². The lowest BCUT2D eigenvalue weighted by Gasteiger charge is -2.08. The van der Waals surface area contributed by atoms with E-state index in [1.165, 1.54) is 53.6 Å². The van der Waals surface area contributed by atoms with Crippen molar-refractivity contribution in [2.75, 3.05) is 0 Å². The quantitative estimate of drug-likeness (QED) is 0.272. The van der Waals surface area contributed by atoms with Crippen LogP contribution in [-0.4, -0.2) is 0 Å². The summed E-state index contributed by atoms with van der Waals surface area (Å²) in [5.41, 5.74) is 5.11. The second kappa shape index (κ2) is 7.54. The van der Waals surface area contributed by atoms with Crippen molar-refractivity contribution in [3.63, 3.8) is 0 Å². The lowest BCUT2D eigenvalue weighted by molar-refractivity contribution is 1.65. The van der Waals surface area contributed by atoms with Gasteiger partial charge in [0.1, 0.15) is 0 Å². The van der Waals surface area contributed by atoms with Crippen LogP contribution in [0.2, 0.25) is 0 Å². The van der Waals surface area contributed by atoms with Crippen LogP contribution in [0.3, 0.4) is 0 Å². The molecule has 0 unspecified atom stereocenters.